The highest BCUT2D eigenvalue weighted by atomic mass is 79.9. The fourth-order valence-corrected chi connectivity index (χ4v) is 3.64. The van der Waals surface area contributed by atoms with Crippen molar-refractivity contribution in [2.75, 3.05) is 32.1 Å². The first-order valence-corrected chi connectivity index (χ1v) is 8.61. The maximum atomic E-state index is 12.6. The molecule has 23 heavy (non-hydrogen) atoms. The summed E-state index contributed by atoms with van der Waals surface area (Å²) in [7, 11) is 3.03. The number of carbonyl (C=O) groups excluding carboxylic acids is 2. The molecule has 1 aliphatic heterocycles. The zero-order valence-corrected chi connectivity index (χ0v) is 15.5. The zero-order valence-electron chi connectivity index (χ0n) is 13.9. The van der Waals surface area contributed by atoms with Crippen molar-refractivity contribution in [2.45, 2.75) is 32.6 Å². The molecule has 0 N–H and O–H groups in total. The van der Waals surface area contributed by atoms with Crippen LogP contribution in [0.25, 0.3) is 0 Å². The number of rotatable bonds is 4. The van der Waals surface area contributed by atoms with E-state index < -0.39 is 0 Å². The Labute approximate surface area is 145 Å². The van der Waals surface area contributed by atoms with Gasteiger partial charge in [-0.05, 0) is 49.4 Å². The van der Waals surface area contributed by atoms with Crippen molar-refractivity contribution in [2.24, 2.45) is 0 Å². The number of fused-ring (bicyclic) bond motifs is 1. The van der Waals surface area contributed by atoms with E-state index in [-0.39, 0.29) is 12.0 Å². The average Bonchev–Trinajstić information content (AvgIpc) is 2.52. The van der Waals surface area contributed by atoms with Gasteiger partial charge >= 0.3 is 6.09 Å². The van der Waals surface area contributed by atoms with E-state index in [1.165, 1.54) is 17.6 Å². The molecular weight excluding hydrogens is 360 g/mol. The van der Waals surface area contributed by atoms with E-state index in [2.05, 4.69) is 32.8 Å². The molecule has 0 aliphatic carbocycles. The van der Waals surface area contributed by atoms with Crippen LogP contribution in [0, 0.1) is 6.92 Å². The molecule has 1 heterocycles. The quantitative estimate of drug-likeness (QED) is 0.800. The van der Waals surface area contributed by atoms with E-state index in [1.807, 2.05) is 11.8 Å². The predicted molar refractivity (Wildman–Crippen MR) is 93.8 cm³/mol. The predicted octanol–water partition coefficient (Wildman–Crippen LogP) is 3.52. The number of carbonyl (C=O) groups is 2. The van der Waals surface area contributed by atoms with Crippen molar-refractivity contribution in [1.29, 1.82) is 0 Å². The second-order valence-electron chi connectivity index (χ2n) is 5.87. The van der Waals surface area contributed by atoms with E-state index >= 15 is 0 Å². The first kappa shape index (κ1) is 17.8. The van der Waals surface area contributed by atoms with Gasteiger partial charge in [-0.25, -0.2) is 4.79 Å². The van der Waals surface area contributed by atoms with E-state index in [0.717, 1.165) is 35.1 Å². The number of anilines is 1. The molecule has 2 rings (SSSR count). The van der Waals surface area contributed by atoms with Crippen LogP contribution in [0.5, 0.6) is 0 Å². The molecule has 0 saturated heterocycles. The molecule has 1 aliphatic rings. The van der Waals surface area contributed by atoms with Crippen LogP contribution in [0.1, 0.15) is 30.4 Å². The molecule has 5 nitrogen and oxygen atoms in total. The van der Waals surface area contributed by atoms with Crippen molar-refractivity contribution < 1.29 is 14.3 Å². The Hall–Kier alpha value is -1.56. The van der Waals surface area contributed by atoms with Crippen LogP contribution < -0.4 is 4.90 Å². The van der Waals surface area contributed by atoms with Gasteiger partial charge in [-0.3, -0.25) is 4.79 Å². The van der Waals surface area contributed by atoms with Gasteiger partial charge < -0.3 is 14.5 Å². The van der Waals surface area contributed by atoms with Crippen LogP contribution in [0.2, 0.25) is 0 Å². The third-order valence-corrected chi connectivity index (χ3v) is 4.57. The van der Waals surface area contributed by atoms with E-state index in [1.54, 1.807) is 7.05 Å². The summed E-state index contributed by atoms with van der Waals surface area (Å²) in [4.78, 5) is 27.3. The van der Waals surface area contributed by atoms with Gasteiger partial charge in [-0.2, -0.15) is 0 Å². The highest BCUT2D eigenvalue weighted by Crippen LogP contribution is 2.33. The van der Waals surface area contributed by atoms with Gasteiger partial charge in [0.1, 0.15) is 0 Å². The lowest BCUT2D eigenvalue weighted by Gasteiger charge is -2.31. The Morgan fingerprint density at radius 2 is 2.13 bits per heavy atom. The number of methoxy groups -OCH3 is 1. The van der Waals surface area contributed by atoms with Crippen molar-refractivity contribution >= 4 is 33.6 Å². The zero-order chi connectivity index (χ0) is 17.0. The number of hydrogen-bond acceptors (Lipinski definition) is 3. The normalized spacial score (nSPS) is 13.5. The van der Waals surface area contributed by atoms with Crippen LogP contribution in [-0.2, 0) is 16.0 Å². The summed E-state index contributed by atoms with van der Waals surface area (Å²) in [5.41, 5.74) is 3.41. The van der Waals surface area contributed by atoms with Crippen LogP contribution in [0.4, 0.5) is 10.5 Å². The fraction of sp³-hybridized carbons (Fsp3) is 0.529. The SMILES string of the molecule is COC(=O)N(C)CCCC(=O)N1CCCc2cc(Br)cc(C)c21. The number of hydrogen-bond donors (Lipinski definition) is 0. The first-order valence-electron chi connectivity index (χ1n) is 7.82. The number of benzene rings is 1. The van der Waals surface area contributed by atoms with Gasteiger partial charge in [0, 0.05) is 36.7 Å². The first-order chi connectivity index (χ1) is 10.9. The molecule has 0 radical (unpaired) electrons. The second kappa shape index (κ2) is 7.81. The average molecular weight is 383 g/mol. The minimum atomic E-state index is -0.374. The molecule has 6 heteroatoms. The topological polar surface area (TPSA) is 49.9 Å². The van der Waals surface area contributed by atoms with Gasteiger partial charge in [-0.15, -0.1) is 0 Å². The molecule has 0 bridgehead atoms. The summed E-state index contributed by atoms with van der Waals surface area (Å²) >= 11 is 3.52. The van der Waals surface area contributed by atoms with Crippen molar-refractivity contribution in [1.82, 2.24) is 4.90 Å². The van der Waals surface area contributed by atoms with Gasteiger partial charge in [0.15, 0.2) is 0 Å². The Morgan fingerprint density at radius 3 is 2.83 bits per heavy atom. The summed E-state index contributed by atoms with van der Waals surface area (Å²) in [5.74, 6) is 0.120. The lowest BCUT2D eigenvalue weighted by molar-refractivity contribution is -0.118. The maximum Gasteiger partial charge on any atom is 0.409 e. The number of halogens is 1. The molecule has 0 saturated carbocycles. The summed E-state index contributed by atoms with van der Waals surface area (Å²) in [6.07, 6.45) is 2.67. The lowest BCUT2D eigenvalue weighted by atomic mass is 9.98. The molecule has 0 spiro atoms. The number of nitrogens with zero attached hydrogens (tertiary/aromatic N) is 2. The molecule has 2 amide bonds. The van der Waals surface area contributed by atoms with Crippen LogP contribution in [0.3, 0.4) is 0 Å². The van der Waals surface area contributed by atoms with Gasteiger partial charge in [0.2, 0.25) is 5.91 Å². The lowest BCUT2D eigenvalue weighted by Crippen LogP contribution is -2.36. The standard InChI is InChI=1S/C17H23BrN2O3/c1-12-10-14(18)11-13-6-4-9-20(16(12)13)15(21)7-5-8-19(2)17(22)23-3/h10-11H,4-9H2,1-3H3. The molecular formula is C17H23BrN2O3. The van der Waals surface area contributed by atoms with Crippen LogP contribution in [0.15, 0.2) is 16.6 Å². The van der Waals surface area contributed by atoms with Crippen molar-refractivity contribution in [3.05, 3.63) is 27.7 Å². The van der Waals surface area contributed by atoms with Crippen LogP contribution in [-0.4, -0.2) is 44.1 Å². The summed E-state index contributed by atoms with van der Waals surface area (Å²) in [6.45, 7) is 3.32. The maximum absolute atomic E-state index is 12.6. The summed E-state index contributed by atoms with van der Waals surface area (Å²) in [6, 6.07) is 4.16. The minimum absolute atomic E-state index is 0.120. The van der Waals surface area contributed by atoms with E-state index in [0.29, 0.717) is 19.4 Å². The van der Waals surface area contributed by atoms with Gasteiger partial charge in [-0.1, -0.05) is 15.9 Å². The summed E-state index contributed by atoms with van der Waals surface area (Å²) in [5, 5.41) is 0. The molecule has 1 aromatic carbocycles. The molecule has 0 atom stereocenters. The Kier molecular flexibility index (Phi) is 6.04. The van der Waals surface area contributed by atoms with Crippen molar-refractivity contribution in [3.8, 4) is 0 Å². The molecule has 1 aromatic rings. The Morgan fingerprint density at radius 1 is 1.39 bits per heavy atom. The third kappa shape index (κ3) is 4.25. The molecule has 126 valence electrons. The highest BCUT2D eigenvalue weighted by Gasteiger charge is 2.24. The second-order valence-corrected chi connectivity index (χ2v) is 6.79. The number of amides is 2. The molecule has 0 aromatic heterocycles. The van der Waals surface area contributed by atoms with Gasteiger partial charge in [0.25, 0.3) is 0 Å². The van der Waals surface area contributed by atoms with Crippen LogP contribution >= 0.6 is 15.9 Å². The largest absolute Gasteiger partial charge is 0.453 e. The fourth-order valence-electron chi connectivity index (χ4n) is 3.02. The third-order valence-electron chi connectivity index (χ3n) is 4.11. The smallest absolute Gasteiger partial charge is 0.409 e. The number of aryl methyl sites for hydroxylation is 2. The highest BCUT2D eigenvalue weighted by molar-refractivity contribution is 9.10. The van der Waals surface area contributed by atoms with Gasteiger partial charge in [0.05, 0.1) is 7.11 Å². The summed E-state index contributed by atoms with van der Waals surface area (Å²) < 4.78 is 5.70. The Bertz CT molecular complexity index is 604. The minimum Gasteiger partial charge on any atom is -0.453 e. The molecule has 0 unspecified atom stereocenters. The van der Waals surface area contributed by atoms with E-state index in [9.17, 15) is 9.59 Å². The van der Waals surface area contributed by atoms with Crippen molar-refractivity contribution in [3.63, 3.8) is 0 Å². The Balaban J connectivity index is 2.01. The molecule has 0 fully saturated rings. The van der Waals surface area contributed by atoms with E-state index in [4.69, 9.17) is 0 Å². The monoisotopic (exact) mass is 382 g/mol. The number of ether oxygens (including phenoxy) is 1.